The van der Waals surface area contributed by atoms with Crippen LogP contribution in [-0.2, 0) is 11.2 Å². The first-order valence-electron chi connectivity index (χ1n) is 17.0. The molecule has 0 saturated heterocycles. The van der Waals surface area contributed by atoms with Crippen LogP contribution in [0.4, 0.5) is 0 Å². The maximum atomic E-state index is 11.6. The van der Waals surface area contributed by atoms with E-state index < -0.39 is 0 Å². The van der Waals surface area contributed by atoms with Crippen LogP contribution >= 0.6 is 0 Å². The first-order chi connectivity index (χ1) is 20.4. The molecule has 0 bridgehead atoms. The Hall–Kier alpha value is -2.65. The number of allylic oxidation sites excluding steroid dienone is 6. The minimum Gasteiger partial charge on any atom is -0.328 e. The predicted octanol–water partition coefficient (Wildman–Crippen LogP) is 11.2. The maximum absolute atomic E-state index is 11.6. The molecule has 2 unspecified atom stereocenters. The van der Waals surface area contributed by atoms with Crippen LogP contribution in [0, 0.1) is 18.8 Å². The minimum atomic E-state index is 0.0616. The van der Waals surface area contributed by atoms with E-state index in [-0.39, 0.29) is 5.78 Å². The molecule has 2 N–H and O–H groups in total. The molecule has 3 nitrogen and oxygen atoms in total. The molecule has 3 rings (SSSR count). The average Bonchev–Trinajstić information content (AvgIpc) is 3.81. The minimum absolute atomic E-state index is 0.0616. The summed E-state index contributed by atoms with van der Waals surface area (Å²) >= 11 is 0. The van der Waals surface area contributed by atoms with Crippen LogP contribution in [0.15, 0.2) is 71.2 Å². The molecule has 0 radical (unpaired) electrons. The molecular weight excluding hydrogens is 524 g/mol. The Morgan fingerprint density at radius 3 is 2.23 bits per heavy atom. The van der Waals surface area contributed by atoms with Crippen LogP contribution in [0.5, 0.6) is 0 Å². The number of nitrogens with zero attached hydrogens (tertiary/aromatic N) is 1. The number of carbonyl (C=O) groups is 1. The van der Waals surface area contributed by atoms with Crippen molar-refractivity contribution in [1.29, 1.82) is 0 Å². The zero-order chi connectivity index (χ0) is 32.5. The fourth-order valence-corrected chi connectivity index (χ4v) is 5.26. The Labute approximate surface area is 266 Å². The highest BCUT2D eigenvalue weighted by atomic mass is 16.1. The van der Waals surface area contributed by atoms with Crippen LogP contribution < -0.4 is 5.73 Å². The molecular formula is C40H64N2O. The lowest BCUT2D eigenvalue weighted by atomic mass is 9.96. The molecule has 2 atom stereocenters. The van der Waals surface area contributed by atoms with Crippen LogP contribution in [0.2, 0.25) is 0 Å². The molecule has 2 aliphatic rings. The van der Waals surface area contributed by atoms with Gasteiger partial charge in [0.05, 0.1) is 0 Å². The molecule has 1 heterocycles. The zero-order valence-electron chi connectivity index (χ0n) is 29.5. The second-order valence-corrected chi connectivity index (χ2v) is 12.6. The van der Waals surface area contributed by atoms with Crippen molar-refractivity contribution < 1.29 is 4.79 Å². The number of rotatable bonds is 13. The summed E-state index contributed by atoms with van der Waals surface area (Å²) in [6.07, 6.45) is 20.7. The van der Waals surface area contributed by atoms with Gasteiger partial charge in [-0.1, -0.05) is 105 Å². The monoisotopic (exact) mass is 589 g/mol. The SMILES string of the molecule is C=C1C=C(C(C)=O)C=CN1/C(C)=C(CC)/C(C)=C/c1ccc(CC)cc1C.CCC(C)CC1CC1.CCCCC(N)CC. The largest absolute Gasteiger partial charge is 0.328 e. The first-order valence-corrected chi connectivity index (χ1v) is 17.0. The van der Waals surface area contributed by atoms with Crippen molar-refractivity contribution in [3.8, 4) is 0 Å². The number of unbranched alkanes of at least 4 members (excludes halogenated alkanes) is 1. The zero-order valence-corrected chi connectivity index (χ0v) is 29.5. The van der Waals surface area contributed by atoms with E-state index in [1.165, 1.54) is 72.8 Å². The number of nitrogens with two attached hydrogens (primary N) is 1. The molecule has 0 amide bonds. The Morgan fingerprint density at radius 2 is 1.77 bits per heavy atom. The van der Waals surface area contributed by atoms with E-state index in [4.69, 9.17) is 5.73 Å². The van der Waals surface area contributed by atoms with E-state index in [2.05, 4.69) is 98.1 Å². The molecule has 240 valence electrons. The summed E-state index contributed by atoms with van der Waals surface area (Å²) in [7, 11) is 0. The van der Waals surface area contributed by atoms with E-state index in [0.717, 1.165) is 42.5 Å². The maximum Gasteiger partial charge on any atom is 0.159 e. The van der Waals surface area contributed by atoms with Crippen LogP contribution in [-0.4, -0.2) is 16.7 Å². The predicted molar refractivity (Wildman–Crippen MR) is 191 cm³/mol. The number of ketones is 1. The van der Waals surface area contributed by atoms with Crippen LogP contribution in [0.3, 0.4) is 0 Å². The summed E-state index contributed by atoms with van der Waals surface area (Å²) in [6, 6.07) is 7.14. The number of Topliss-reactive ketones (excluding diaryl/α,β-unsaturated/α-hetero) is 1. The summed E-state index contributed by atoms with van der Waals surface area (Å²) < 4.78 is 0. The Bertz CT molecular complexity index is 1150. The highest BCUT2D eigenvalue weighted by Crippen LogP contribution is 2.35. The van der Waals surface area contributed by atoms with Crippen molar-refractivity contribution >= 4 is 11.9 Å². The lowest BCUT2D eigenvalue weighted by Gasteiger charge is -2.28. The summed E-state index contributed by atoms with van der Waals surface area (Å²) in [4.78, 5) is 13.7. The van der Waals surface area contributed by atoms with Crippen molar-refractivity contribution in [2.45, 2.75) is 139 Å². The summed E-state index contributed by atoms with van der Waals surface area (Å²) in [6.45, 7) is 25.5. The number of hydrogen-bond donors (Lipinski definition) is 1. The number of carbonyl (C=O) groups excluding carboxylic acids is 1. The average molecular weight is 589 g/mol. The normalized spacial score (nSPS) is 16.7. The van der Waals surface area contributed by atoms with E-state index >= 15 is 0 Å². The summed E-state index contributed by atoms with van der Waals surface area (Å²) in [5.41, 5.74) is 14.8. The van der Waals surface area contributed by atoms with Crippen LogP contribution in [0.25, 0.3) is 6.08 Å². The van der Waals surface area contributed by atoms with E-state index in [1.807, 2.05) is 18.4 Å². The topological polar surface area (TPSA) is 46.3 Å². The standard InChI is InChI=1S/C25H31NO.C8H16.C7H17N/c1-8-22-10-11-23(17(3)14-22)15-18(4)25(9-2)20(6)26-13-12-24(21(7)27)16-19(26)5;1-3-7(2)6-8-4-5-8;1-3-5-6-7(8)4-2/h10-16H,5,8-9H2,1-4,6-7H3;7-8H,3-6H2,1-2H3;7H,3-6,8H2,1-2H3/b18-15+,25-20+;;. The van der Waals surface area contributed by atoms with Gasteiger partial charge < -0.3 is 10.6 Å². The number of aryl methyl sites for hydroxylation is 2. The highest BCUT2D eigenvalue weighted by Gasteiger charge is 2.22. The van der Waals surface area contributed by atoms with Gasteiger partial charge in [0.1, 0.15) is 0 Å². The van der Waals surface area contributed by atoms with Crippen molar-refractivity contribution in [2.75, 3.05) is 0 Å². The van der Waals surface area contributed by atoms with Gasteiger partial charge >= 0.3 is 0 Å². The Balaban J connectivity index is 0.000000468. The molecule has 1 fully saturated rings. The Kier molecular flexibility index (Phi) is 18.1. The third-order valence-corrected chi connectivity index (χ3v) is 8.77. The highest BCUT2D eigenvalue weighted by molar-refractivity contribution is 5.96. The van der Waals surface area contributed by atoms with Gasteiger partial charge in [0.15, 0.2) is 5.78 Å². The lowest BCUT2D eigenvalue weighted by Crippen LogP contribution is -2.18. The van der Waals surface area contributed by atoms with E-state index in [1.54, 1.807) is 6.92 Å². The van der Waals surface area contributed by atoms with Gasteiger partial charge in [-0.05, 0) is 112 Å². The number of hydrogen-bond acceptors (Lipinski definition) is 3. The molecule has 1 aromatic carbocycles. The quantitative estimate of drug-likeness (QED) is 0.233. The van der Waals surface area contributed by atoms with Crippen molar-refractivity contribution in [3.63, 3.8) is 0 Å². The van der Waals surface area contributed by atoms with Crippen LogP contribution in [0.1, 0.15) is 137 Å². The van der Waals surface area contributed by atoms with Crippen molar-refractivity contribution in [3.05, 3.63) is 87.9 Å². The molecule has 1 aliphatic heterocycles. The molecule has 1 aromatic rings. The molecule has 1 aliphatic carbocycles. The van der Waals surface area contributed by atoms with Gasteiger partial charge in [-0.25, -0.2) is 0 Å². The number of benzene rings is 1. The Morgan fingerprint density at radius 1 is 1.09 bits per heavy atom. The smallest absolute Gasteiger partial charge is 0.159 e. The third-order valence-electron chi connectivity index (χ3n) is 8.77. The van der Waals surface area contributed by atoms with Gasteiger partial charge in [-0.2, -0.15) is 0 Å². The van der Waals surface area contributed by atoms with E-state index in [0.29, 0.717) is 11.6 Å². The van der Waals surface area contributed by atoms with Crippen molar-refractivity contribution in [2.24, 2.45) is 17.6 Å². The second-order valence-electron chi connectivity index (χ2n) is 12.6. The summed E-state index contributed by atoms with van der Waals surface area (Å²) in [5.74, 6) is 2.18. The molecule has 1 saturated carbocycles. The lowest BCUT2D eigenvalue weighted by molar-refractivity contribution is -0.113. The van der Waals surface area contributed by atoms with E-state index in [9.17, 15) is 4.79 Å². The van der Waals surface area contributed by atoms with Gasteiger partial charge in [0.2, 0.25) is 0 Å². The molecule has 3 heteroatoms. The third kappa shape index (κ3) is 14.1. The van der Waals surface area contributed by atoms with Gasteiger partial charge in [0.25, 0.3) is 0 Å². The first kappa shape index (κ1) is 38.4. The second kappa shape index (κ2) is 20.3. The summed E-state index contributed by atoms with van der Waals surface area (Å²) in [5, 5.41) is 0. The molecule has 0 spiro atoms. The van der Waals surface area contributed by atoms with Crippen molar-refractivity contribution in [1.82, 2.24) is 4.90 Å². The fraction of sp³-hybridized carbons (Fsp3) is 0.575. The molecule has 43 heavy (non-hydrogen) atoms. The fourth-order valence-electron chi connectivity index (χ4n) is 5.26. The molecule has 0 aromatic heterocycles. The van der Waals surface area contributed by atoms with Gasteiger partial charge in [-0.15, -0.1) is 0 Å². The van der Waals surface area contributed by atoms with Gasteiger partial charge in [-0.3, -0.25) is 4.79 Å². The van der Waals surface area contributed by atoms with Gasteiger partial charge in [0, 0.05) is 29.2 Å².